The van der Waals surface area contributed by atoms with Crippen LogP contribution in [0.1, 0.15) is 35.0 Å². The summed E-state index contributed by atoms with van der Waals surface area (Å²) in [6, 6.07) is 8.26. The molecule has 0 spiro atoms. The Morgan fingerprint density at radius 3 is 2.65 bits per heavy atom. The number of carbonyl (C=O) groups excluding carboxylic acids is 1. The number of halogens is 1. The molecule has 0 radical (unpaired) electrons. The van der Waals surface area contributed by atoms with Gasteiger partial charge < -0.3 is 19.6 Å². The molecular formula is C19H23FN4O2. The first kappa shape index (κ1) is 17.0. The number of amides is 1. The van der Waals surface area contributed by atoms with Crippen molar-refractivity contribution in [3.63, 3.8) is 0 Å². The SMILES string of the molecule is O=C(c1cc([C@@H]2CCCNC2)no1)N1CCN(c2ccc(F)cc2)CC1. The molecular weight excluding hydrogens is 335 g/mol. The second kappa shape index (κ2) is 7.45. The molecule has 1 amide bonds. The van der Waals surface area contributed by atoms with Crippen LogP contribution in [0.5, 0.6) is 0 Å². The fourth-order valence-corrected chi connectivity index (χ4v) is 3.66. The highest BCUT2D eigenvalue weighted by molar-refractivity contribution is 5.91. The molecule has 138 valence electrons. The van der Waals surface area contributed by atoms with Crippen LogP contribution in [0.25, 0.3) is 0 Å². The van der Waals surface area contributed by atoms with Gasteiger partial charge in [0.05, 0.1) is 5.69 Å². The minimum Gasteiger partial charge on any atom is -0.368 e. The van der Waals surface area contributed by atoms with Gasteiger partial charge in [-0.1, -0.05) is 5.16 Å². The highest BCUT2D eigenvalue weighted by atomic mass is 19.1. The minimum absolute atomic E-state index is 0.105. The van der Waals surface area contributed by atoms with Crippen molar-refractivity contribution in [2.45, 2.75) is 18.8 Å². The van der Waals surface area contributed by atoms with Gasteiger partial charge in [-0.05, 0) is 43.7 Å². The molecule has 2 aliphatic rings. The summed E-state index contributed by atoms with van der Waals surface area (Å²) in [7, 11) is 0. The maximum Gasteiger partial charge on any atom is 0.292 e. The second-order valence-electron chi connectivity index (χ2n) is 6.91. The summed E-state index contributed by atoms with van der Waals surface area (Å²) in [5.41, 5.74) is 1.84. The lowest BCUT2D eigenvalue weighted by Crippen LogP contribution is -2.48. The van der Waals surface area contributed by atoms with Gasteiger partial charge in [0, 0.05) is 50.4 Å². The molecule has 1 aromatic heterocycles. The molecule has 7 heteroatoms. The molecule has 0 saturated carbocycles. The number of nitrogens with one attached hydrogen (secondary N) is 1. The van der Waals surface area contributed by atoms with E-state index in [0.717, 1.165) is 37.3 Å². The third kappa shape index (κ3) is 3.58. The van der Waals surface area contributed by atoms with Crippen molar-refractivity contribution in [3.05, 3.63) is 47.6 Å². The van der Waals surface area contributed by atoms with Gasteiger partial charge in [-0.3, -0.25) is 4.79 Å². The van der Waals surface area contributed by atoms with Crippen LogP contribution in [-0.4, -0.2) is 55.2 Å². The lowest BCUT2D eigenvalue weighted by Gasteiger charge is -2.35. The van der Waals surface area contributed by atoms with Crippen LogP contribution in [0, 0.1) is 5.82 Å². The fourth-order valence-electron chi connectivity index (χ4n) is 3.66. The molecule has 1 N–H and O–H groups in total. The number of piperazine rings is 1. The maximum absolute atomic E-state index is 13.1. The third-order valence-corrected chi connectivity index (χ3v) is 5.21. The molecule has 0 aliphatic carbocycles. The number of benzene rings is 1. The normalized spacial score (nSPS) is 21.0. The van der Waals surface area contributed by atoms with E-state index < -0.39 is 0 Å². The van der Waals surface area contributed by atoms with Crippen LogP contribution >= 0.6 is 0 Å². The van der Waals surface area contributed by atoms with Gasteiger partial charge >= 0.3 is 0 Å². The topological polar surface area (TPSA) is 61.6 Å². The van der Waals surface area contributed by atoms with Crippen molar-refractivity contribution in [1.29, 1.82) is 0 Å². The predicted molar refractivity (Wildman–Crippen MR) is 95.9 cm³/mol. The Morgan fingerprint density at radius 2 is 1.96 bits per heavy atom. The van der Waals surface area contributed by atoms with Gasteiger partial charge in [-0.15, -0.1) is 0 Å². The first-order valence-corrected chi connectivity index (χ1v) is 9.18. The summed E-state index contributed by atoms with van der Waals surface area (Å²) in [6.45, 7) is 4.57. The van der Waals surface area contributed by atoms with Crippen LogP contribution in [0.3, 0.4) is 0 Å². The van der Waals surface area contributed by atoms with Crippen LogP contribution in [0.15, 0.2) is 34.9 Å². The molecule has 3 heterocycles. The van der Waals surface area contributed by atoms with E-state index in [1.165, 1.54) is 12.1 Å². The van der Waals surface area contributed by atoms with Gasteiger partial charge in [0.2, 0.25) is 5.76 Å². The Hall–Kier alpha value is -2.41. The monoisotopic (exact) mass is 358 g/mol. The van der Waals surface area contributed by atoms with Crippen molar-refractivity contribution in [2.24, 2.45) is 0 Å². The standard InChI is InChI=1S/C19H23FN4O2/c20-15-3-5-16(6-4-15)23-8-10-24(11-9-23)19(25)18-12-17(22-26-18)14-2-1-7-21-13-14/h3-6,12,14,21H,1-2,7-11,13H2/t14-/m1/s1. The van der Waals surface area contributed by atoms with E-state index in [0.29, 0.717) is 37.9 Å². The number of rotatable bonds is 3. The Morgan fingerprint density at radius 1 is 1.19 bits per heavy atom. The number of nitrogens with zero attached hydrogens (tertiary/aromatic N) is 3. The highest BCUT2D eigenvalue weighted by Gasteiger charge is 2.27. The molecule has 2 aliphatic heterocycles. The lowest BCUT2D eigenvalue weighted by atomic mass is 9.96. The van der Waals surface area contributed by atoms with E-state index in [4.69, 9.17) is 4.52 Å². The number of piperidine rings is 1. The number of carbonyl (C=O) groups is 1. The van der Waals surface area contributed by atoms with E-state index in [1.54, 1.807) is 23.1 Å². The van der Waals surface area contributed by atoms with Gasteiger partial charge in [0.15, 0.2) is 0 Å². The molecule has 1 atom stereocenters. The van der Waals surface area contributed by atoms with Gasteiger partial charge in [-0.2, -0.15) is 0 Å². The van der Waals surface area contributed by atoms with Crippen molar-refractivity contribution in [3.8, 4) is 0 Å². The third-order valence-electron chi connectivity index (χ3n) is 5.21. The largest absolute Gasteiger partial charge is 0.368 e. The van der Waals surface area contributed by atoms with Crippen LogP contribution in [0.2, 0.25) is 0 Å². The molecule has 1 aromatic carbocycles. The molecule has 4 rings (SSSR count). The average molecular weight is 358 g/mol. The fraction of sp³-hybridized carbons (Fsp3) is 0.474. The quantitative estimate of drug-likeness (QED) is 0.912. The van der Waals surface area contributed by atoms with Gasteiger partial charge in [0.25, 0.3) is 5.91 Å². The predicted octanol–water partition coefficient (Wildman–Crippen LogP) is 2.24. The van der Waals surface area contributed by atoms with Gasteiger partial charge in [0.1, 0.15) is 5.82 Å². The summed E-state index contributed by atoms with van der Waals surface area (Å²) in [6.07, 6.45) is 2.19. The molecule has 6 nitrogen and oxygen atoms in total. The molecule has 2 saturated heterocycles. The second-order valence-corrected chi connectivity index (χ2v) is 6.91. The zero-order valence-corrected chi connectivity index (χ0v) is 14.7. The van der Waals surface area contributed by atoms with E-state index in [-0.39, 0.29) is 11.7 Å². The smallest absolute Gasteiger partial charge is 0.292 e. The number of hydrogen-bond acceptors (Lipinski definition) is 5. The Balaban J connectivity index is 1.36. The van der Waals surface area contributed by atoms with Crippen LogP contribution in [-0.2, 0) is 0 Å². The molecule has 2 aromatic rings. The molecule has 0 unspecified atom stereocenters. The van der Waals surface area contributed by atoms with Crippen LogP contribution in [0.4, 0.5) is 10.1 Å². The Kier molecular flexibility index (Phi) is 4.88. The number of aromatic nitrogens is 1. The average Bonchev–Trinajstić information content (AvgIpc) is 3.19. The molecule has 26 heavy (non-hydrogen) atoms. The molecule has 2 fully saturated rings. The first-order valence-electron chi connectivity index (χ1n) is 9.18. The highest BCUT2D eigenvalue weighted by Crippen LogP contribution is 2.24. The first-order chi connectivity index (χ1) is 12.7. The summed E-state index contributed by atoms with van der Waals surface area (Å²) in [5.74, 6) is 0.299. The van der Waals surface area contributed by atoms with Crippen LogP contribution < -0.4 is 10.2 Å². The summed E-state index contributed by atoms with van der Waals surface area (Å²) in [4.78, 5) is 16.6. The Labute approximate surface area is 151 Å². The van der Waals surface area contributed by atoms with E-state index in [9.17, 15) is 9.18 Å². The molecule has 0 bridgehead atoms. The maximum atomic E-state index is 13.1. The number of hydrogen-bond donors (Lipinski definition) is 1. The van der Waals surface area contributed by atoms with Crippen molar-refractivity contribution < 1.29 is 13.7 Å². The lowest BCUT2D eigenvalue weighted by molar-refractivity contribution is 0.0704. The number of anilines is 1. The zero-order valence-electron chi connectivity index (χ0n) is 14.7. The zero-order chi connectivity index (χ0) is 17.9. The van der Waals surface area contributed by atoms with Gasteiger partial charge in [-0.25, -0.2) is 4.39 Å². The van der Waals surface area contributed by atoms with E-state index in [1.807, 2.05) is 0 Å². The van der Waals surface area contributed by atoms with E-state index >= 15 is 0 Å². The van der Waals surface area contributed by atoms with Crippen molar-refractivity contribution in [1.82, 2.24) is 15.4 Å². The summed E-state index contributed by atoms with van der Waals surface area (Å²) >= 11 is 0. The van der Waals surface area contributed by atoms with E-state index in [2.05, 4.69) is 15.4 Å². The Bertz CT molecular complexity index is 747. The summed E-state index contributed by atoms with van der Waals surface area (Å²) < 4.78 is 18.4. The summed E-state index contributed by atoms with van der Waals surface area (Å²) in [5, 5.41) is 7.47. The minimum atomic E-state index is -0.239. The van der Waals surface area contributed by atoms with Crippen molar-refractivity contribution >= 4 is 11.6 Å². The van der Waals surface area contributed by atoms with Crippen molar-refractivity contribution in [2.75, 3.05) is 44.2 Å².